The van der Waals surface area contributed by atoms with E-state index in [0.29, 0.717) is 0 Å². The van der Waals surface area contributed by atoms with Crippen molar-refractivity contribution in [1.82, 2.24) is 0 Å². The summed E-state index contributed by atoms with van der Waals surface area (Å²) in [5, 5.41) is 25.2. The summed E-state index contributed by atoms with van der Waals surface area (Å²) in [7, 11) is -2.92. The predicted octanol–water partition coefficient (Wildman–Crippen LogP) is -4.71. The molecule has 0 spiro atoms. The summed E-state index contributed by atoms with van der Waals surface area (Å²) in [5.41, 5.74) is 0. The zero-order valence-electron chi connectivity index (χ0n) is 2.96. The van der Waals surface area contributed by atoms with Crippen LogP contribution < -0.4 is 15.1 Å². The van der Waals surface area contributed by atoms with Crippen molar-refractivity contribution in [2.45, 2.75) is 0 Å². The second-order valence-corrected chi connectivity index (χ2v) is 0.289. The molecule has 0 saturated carbocycles. The van der Waals surface area contributed by atoms with E-state index in [2.05, 4.69) is 0 Å². The first-order chi connectivity index (χ1) is 1.73. The normalized spacial score (nSPS) is 4.50. The minimum Gasteiger partial charge on any atom is -0.907 e. The Balaban J connectivity index is -0.0000000450. The average Bonchev–Trinajstić information content (AvgIpc) is 0.811. The molecule has 0 aliphatic rings. The third-order valence-electron chi connectivity index (χ3n) is 0. The van der Waals surface area contributed by atoms with Gasteiger partial charge in [0.15, 0.2) is 0 Å². The summed E-state index contributed by atoms with van der Waals surface area (Å²) < 4.78 is 0. The molecule has 0 saturated heterocycles. The number of hydrogen-bond donors (Lipinski definition) is 0. The maximum Gasteiger partial charge on any atom is 3.00 e. The van der Waals surface area contributed by atoms with Crippen LogP contribution in [0.3, 0.4) is 0 Å². The minimum absolute atomic E-state index is 0. The molecule has 0 amide bonds. The van der Waals surface area contributed by atoms with Crippen molar-refractivity contribution in [3.05, 3.63) is 0 Å². The molecule has 0 fully saturated rings. The van der Waals surface area contributed by atoms with E-state index in [-0.39, 0.29) is 62.2 Å². The summed E-state index contributed by atoms with van der Waals surface area (Å²) in [6, 6.07) is 0. The van der Waals surface area contributed by atoms with E-state index in [1.54, 1.807) is 0 Å². The molecule has 6 heteroatoms. The smallest absolute Gasteiger partial charge is 0.907 e. The molecule has 6 heavy (non-hydrogen) atoms. The molecule has 0 aliphatic carbocycles. The predicted molar refractivity (Wildman–Crippen MR) is 17.3 cm³/mol. The molecule has 26 valence electrons. The van der Waals surface area contributed by atoms with Crippen molar-refractivity contribution in [3.63, 3.8) is 0 Å². The van der Waals surface area contributed by atoms with Crippen molar-refractivity contribution in [2.75, 3.05) is 0 Å². The molecule has 0 heterocycles. The van der Waals surface area contributed by atoms with Gasteiger partial charge in [0.25, 0.3) is 0 Å². The maximum absolute atomic E-state index is 8.42. The van der Waals surface area contributed by atoms with Gasteiger partial charge in [-0.25, -0.2) is 0 Å². The van der Waals surface area contributed by atoms with Gasteiger partial charge in [-0.15, -0.1) is 0 Å². The Kier molecular flexibility index (Phi) is 26.4. The molecule has 0 aromatic carbocycles. The maximum atomic E-state index is 8.42. The molecule has 0 unspecified atom stereocenters. The third-order valence-corrected chi connectivity index (χ3v) is 0. The Bertz CT molecular complexity index is 15.5. The van der Waals surface area contributed by atoms with Gasteiger partial charge in [-0.05, 0) is 0 Å². The van der Waals surface area contributed by atoms with Gasteiger partial charge in [0.2, 0.25) is 0 Å². The van der Waals surface area contributed by atoms with Gasteiger partial charge < -0.3 is 15.1 Å². The average molecular weight is 221 g/mol. The Morgan fingerprint density at radius 2 is 1.00 bits per heavy atom. The SMILES string of the molecule is [Ca+2].[O-]B([O-])[O-].[Sb+3]. The summed E-state index contributed by atoms with van der Waals surface area (Å²) in [6.45, 7) is 0. The molecular formula is BCaO3Sb+2. The summed E-state index contributed by atoms with van der Waals surface area (Å²) in [5.74, 6) is 0. The van der Waals surface area contributed by atoms with E-state index in [1.165, 1.54) is 0 Å². The van der Waals surface area contributed by atoms with Gasteiger partial charge in [0.1, 0.15) is 0 Å². The first-order valence-electron chi connectivity index (χ1n) is 0.707. The van der Waals surface area contributed by atoms with Crippen molar-refractivity contribution in [3.8, 4) is 0 Å². The molecule has 2 radical (unpaired) electrons. The number of hydrogen-bond acceptors (Lipinski definition) is 3. The van der Waals surface area contributed by atoms with Gasteiger partial charge in [0, 0.05) is 0 Å². The Morgan fingerprint density at radius 1 is 1.00 bits per heavy atom. The van der Waals surface area contributed by atoms with Gasteiger partial charge in [-0.2, -0.15) is 0 Å². The number of rotatable bonds is 0. The summed E-state index contributed by atoms with van der Waals surface area (Å²) in [6.07, 6.45) is 0. The molecular weight excluding hydrogens is 221 g/mol. The van der Waals surface area contributed by atoms with Crippen LogP contribution in [0.5, 0.6) is 0 Å². The van der Waals surface area contributed by atoms with E-state index in [1.807, 2.05) is 0 Å². The topological polar surface area (TPSA) is 69.2 Å². The van der Waals surface area contributed by atoms with Crippen LogP contribution >= 0.6 is 0 Å². The first kappa shape index (κ1) is 15.7. The zero-order chi connectivity index (χ0) is 3.58. The van der Waals surface area contributed by atoms with Crippen molar-refractivity contribution in [2.24, 2.45) is 0 Å². The Morgan fingerprint density at radius 3 is 1.00 bits per heavy atom. The van der Waals surface area contributed by atoms with E-state index in [4.69, 9.17) is 15.1 Å². The minimum atomic E-state index is -2.92. The second kappa shape index (κ2) is 10.1. The van der Waals surface area contributed by atoms with Crippen LogP contribution in [-0.2, 0) is 0 Å². The van der Waals surface area contributed by atoms with Crippen LogP contribution in [0, 0.1) is 0 Å². The third kappa shape index (κ3) is 37.1. The van der Waals surface area contributed by atoms with E-state index in [9.17, 15) is 0 Å². The largest absolute Gasteiger partial charge is 3.00 e. The molecule has 0 aromatic heterocycles. The molecule has 0 aromatic rings. The molecule has 3 nitrogen and oxygen atoms in total. The van der Waals surface area contributed by atoms with Crippen LogP contribution in [0.4, 0.5) is 0 Å². The zero-order valence-corrected chi connectivity index (χ0v) is 7.72. The molecule has 0 bridgehead atoms. The van der Waals surface area contributed by atoms with Crippen molar-refractivity contribution >= 4 is 69.5 Å². The van der Waals surface area contributed by atoms with Crippen LogP contribution in [0.2, 0.25) is 0 Å². The fourth-order valence-electron chi connectivity index (χ4n) is 0. The molecule has 0 N–H and O–H groups in total. The van der Waals surface area contributed by atoms with Crippen molar-refractivity contribution < 1.29 is 15.1 Å². The fraction of sp³-hybridized carbons (Fsp3) is 0. The van der Waals surface area contributed by atoms with E-state index < -0.39 is 7.32 Å². The molecule has 0 aliphatic heterocycles. The summed E-state index contributed by atoms with van der Waals surface area (Å²) in [4.78, 5) is 0. The van der Waals surface area contributed by atoms with Crippen LogP contribution in [0.1, 0.15) is 0 Å². The summed E-state index contributed by atoms with van der Waals surface area (Å²) >= 11 is 0. The monoisotopic (exact) mass is 220 g/mol. The van der Waals surface area contributed by atoms with Gasteiger partial charge in [0.05, 0.1) is 0 Å². The first-order valence-corrected chi connectivity index (χ1v) is 0.707. The standard InChI is InChI=1S/BO3.Ca.Sb/c2-1(3)4;;/q-3;+2;+3. The fourth-order valence-corrected chi connectivity index (χ4v) is 0. The van der Waals surface area contributed by atoms with Gasteiger partial charge in [-0.1, -0.05) is 0 Å². The van der Waals surface area contributed by atoms with E-state index in [0.717, 1.165) is 0 Å². The van der Waals surface area contributed by atoms with E-state index >= 15 is 0 Å². The molecule has 0 rings (SSSR count). The van der Waals surface area contributed by atoms with Crippen LogP contribution in [0.15, 0.2) is 0 Å². The quantitative estimate of drug-likeness (QED) is 0.385. The van der Waals surface area contributed by atoms with Crippen LogP contribution in [0.25, 0.3) is 0 Å². The Hall–Kier alpha value is 2.02. The van der Waals surface area contributed by atoms with Gasteiger partial charge >= 0.3 is 62.2 Å². The van der Waals surface area contributed by atoms with Crippen LogP contribution in [-0.4, -0.2) is 69.5 Å². The Labute approximate surface area is 83.4 Å². The van der Waals surface area contributed by atoms with Crippen molar-refractivity contribution in [1.29, 1.82) is 0 Å². The second-order valence-electron chi connectivity index (χ2n) is 0.289. The van der Waals surface area contributed by atoms with Gasteiger partial charge in [-0.3, -0.25) is 7.32 Å². The molecule has 0 atom stereocenters.